The van der Waals surface area contributed by atoms with E-state index in [0.29, 0.717) is 13.1 Å². The molecule has 0 aliphatic carbocycles. The van der Waals surface area contributed by atoms with E-state index in [1.807, 2.05) is 36.4 Å². The number of likely N-dealkylation sites (tertiary alicyclic amines) is 1. The SMILES string of the molecule is O=C(N/C(=C\C=C/c1ccccc1)C(=O)N1CCCCC1)c1ccc([N+](=O)[O-])cc1. The van der Waals surface area contributed by atoms with Crippen molar-refractivity contribution in [1.82, 2.24) is 10.2 Å². The van der Waals surface area contributed by atoms with Gasteiger partial charge in [-0.1, -0.05) is 42.5 Å². The maximum Gasteiger partial charge on any atom is 0.270 e. The van der Waals surface area contributed by atoms with Crippen molar-refractivity contribution in [2.45, 2.75) is 19.3 Å². The molecular weight excluding hydrogens is 382 g/mol. The Kier molecular flexibility index (Phi) is 7.10. The number of nitrogens with zero attached hydrogens (tertiary/aromatic N) is 2. The summed E-state index contributed by atoms with van der Waals surface area (Å²) < 4.78 is 0. The molecule has 1 N–H and O–H groups in total. The number of piperidine rings is 1. The Bertz CT molecular complexity index is 960. The van der Waals surface area contributed by atoms with Crippen LogP contribution in [0.4, 0.5) is 5.69 Å². The first-order chi connectivity index (χ1) is 14.5. The molecule has 1 aliphatic heterocycles. The summed E-state index contributed by atoms with van der Waals surface area (Å²) in [5.41, 5.74) is 1.29. The molecule has 7 nitrogen and oxygen atoms in total. The molecule has 0 radical (unpaired) electrons. The molecule has 7 heteroatoms. The highest BCUT2D eigenvalue weighted by Crippen LogP contribution is 2.14. The molecule has 2 amide bonds. The number of amides is 2. The van der Waals surface area contributed by atoms with Crippen LogP contribution in [0.5, 0.6) is 0 Å². The van der Waals surface area contributed by atoms with Crippen LogP contribution in [0.2, 0.25) is 0 Å². The fourth-order valence-electron chi connectivity index (χ4n) is 3.18. The quantitative estimate of drug-likeness (QED) is 0.341. The number of nitrogens with one attached hydrogen (secondary N) is 1. The number of non-ortho nitro benzene ring substituents is 1. The number of allylic oxidation sites excluding steroid dienone is 2. The Labute approximate surface area is 174 Å². The summed E-state index contributed by atoms with van der Waals surface area (Å²) in [7, 11) is 0. The Hall–Kier alpha value is -3.74. The lowest BCUT2D eigenvalue weighted by Crippen LogP contribution is -2.41. The highest BCUT2D eigenvalue weighted by atomic mass is 16.6. The molecule has 0 atom stereocenters. The molecule has 1 heterocycles. The van der Waals surface area contributed by atoms with E-state index in [-0.39, 0.29) is 22.9 Å². The van der Waals surface area contributed by atoms with Crippen LogP contribution >= 0.6 is 0 Å². The van der Waals surface area contributed by atoms with Gasteiger partial charge in [-0.25, -0.2) is 0 Å². The summed E-state index contributed by atoms with van der Waals surface area (Å²) in [5, 5.41) is 13.5. The van der Waals surface area contributed by atoms with Gasteiger partial charge in [-0.15, -0.1) is 0 Å². The van der Waals surface area contributed by atoms with E-state index in [4.69, 9.17) is 0 Å². The van der Waals surface area contributed by atoms with Gasteiger partial charge in [0.05, 0.1) is 4.92 Å². The van der Waals surface area contributed by atoms with E-state index in [9.17, 15) is 19.7 Å². The number of nitro benzene ring substituents is 1. The minimum atomic E-state index is -0.527. The maximum atomic E-state index is 13.0. The fourth-order valence-corrected chi connectivity index (χ4v) is 3.18. The van der Waals surface area contributed by atoms with Crippen LogP contribution < -0.4 is 5.32 Å². The lowest BCUT2D eigenvalue weighted by molar-refractivity contribution is -0.384. The first-order valence-corrected chi connectivity index (χ1v) is 9.83. The van der Waals surface area contributed by atoms with Crippen molar-refractivity contribution in [3.8, 4) is 0 Å². The molecule has 1 fully saturated rings. The van der Waals surface area contributed by atoms with Crippen LogP contribution in [-0.2, 0) is 4.79 Å². The van der Waals surface area contributed by atoms with Gasteiger partial charge in [-0.2, -0.15) is 0 Å². The second kappa shape index (κ2) is 10.2. The number of carbonyl (C=O) groups excluding carboxylic acids is 2. The van der Waals surface area contributed by atoms with Gasteiger partial charge in [0.2, 0.25) is 0 Å². The molecule has 154 valence electrons. The molecule has 0 aromatic heterocycles. The monoisotopic (exact) mass is 405 g/mol. The average Bonchev–Trinajstić information content (AvgIpc) is 2.79. The number of nitro groups is 1. The lowest BCUT2D eigenvalue weighted by Gasteiger charge is -2.27. The Morgan fingerprint density at radius 3 is 2.27 bits per heavy atom. The van der Waals surface area contributed by atoms with Crippen molar-refractivity contribution in [3.63, 3.8) is 0 Å². The summed E-state index contributed by atoms with van der Waals surface area (Å²) >= 11 is 0. The summed E-state index contributed by atoms with van der Waals surface area (Å²) in [6.07, 6.45) is 8.13. The number of hydrogen-bond acceptors (Lipinski definition) is 4. The smallest absolute Gasteiger partial charge is 0.270 e. The van der Waals surface area contributed by atoms with Crippen LogP contribution in [0.1, 0.15) is 35.2 Å². The van der Waals surface area contributed by atoms with Crippen molar-refractivity contribution in [3.05, 3.63) is 93.7 Å². The molecule has 0 saturated carbocycles. The van der Waals surface area contributed by atoms with Gasteiger partial charge >= 0.3 is 0 Å². The largest absolute Gasteiger partial charge is 0.337 e. The van der Waals surface area contributed by atoms with Gasteiger partial charge < -0.3 is 10.2 Å². The summed E-state index contributed by atoms with van der Waals surface area (Å²) in [4.78, 5) is 37.6. The second-order valence-electron chi connectivity index (χ2n) is 6.96. The minimum absolute atomic E-state index is 0.0995. The van der Waals surface area contributed by atoms with Crippen molar-refractivity contribution in [2.24, 2.45) is 0 Å². The third-order valence-corrected chi connectivity index (χ3v) is 4.81. The molecule has 0 unspecified atom stereocenters. The number of carbonyl (C=O) groups is 2. The van der Waals surface area contributed by atoms with Gasteiger partial charge in [0.25, 0.3) is 17.5 Å². The van der Waals surface area contributed by atoms with E-state index in [1.165, 1.54) is 24.3 Å². The molecule has 0 spiro atoms. The van der Waals surface area contributed by atoms with Crippen molar-refractivity contribution < 1.29 is 14.5 Å². The zero-order valence-electron chi connectivity index (χ0n) is 16.5. The molecular formula is C23H23N3O4. The molecule has 1 aliphatic rings. The highest BCUT2D eigenvalue weighted by molar-refractivity contribution is 6.03. The van der Waals surface area contributed by atoms with E-state index in [0.717, 1.165) is 24.8 Å². The molecule has 3 rings (SSSR count). The van der Waals surface area contributed by atoms with Crippen molar-refractivity contribution in [2.75, 3.05) is 13.1 Å². The number of rotatable bonds is 6. The predicted octanol–water partition coefficient (Wildman–Crippen LogP) is 3.93. The molecule has 1 saturated heterocycles. The molecule has 2 aromatic carbocycles. The highest BCUT2D eigenvalue weighted by Gasteiger charge is 2.22. The third kappa shape index (κ3) is 5.64. The summed E-state index contributed by atoms with van der Waals surface area (Å²) in [6, 6.07) is 14.9. The van der Waals surface area contributed by atoms with E-state index < -0.39 is 10.8 Å². The van der Waals surface area contributed by atoms with Crippen LogP contribution in [0.3, 0.4) is 0 Å². The van der Waals surface area contributed by atoms with Crippen molar-refractivity contribution in [1.29, 1.82) is 0 Å². The lowest BCUT2D eigenvalue weighted by atomic mass is 10.1. The first kappa shape index (κ1) is 21.0. The summed E-state index contributed by atoms with van der Waals surface area (Å²) in [6.45, 7) is 1.32. The third-order valence-electron chi connectivity index (χ3n) is 4.81. The molecule has 30 heavy (non-hydrogen) atoms. The number of benzene rings is 2. The van der Waals surface area contributed by atoms with Gasteiger partial charge in [-0.05, 0) is 43.0 Å². The summed E-state index contributed by atoms with van der Waals surface area (Å²) in [5.74, 6) is -0.725. The Balaban J connectivity index is 1.79. The zero-order valence-corrected chi connectivity index (χ0v) is 16.5. The average molecular weight is 405 g/mol. The Morgan fingerprint density at radius 1 is 0.967 bits per heavy atom. The van der Waals surface area contributed by atoms with Crippen LogP contribution in [0, 0.1) is 10.1 Å². The zero-order chi connectivity index (χ0) is 21.3. The topological polar surface area (TPSA) is 92.6 Å². The minimum Gasteiger partial charge on any atom is -0.337 e. The van der Waals surface area contributed by atoms with E-state index >= 15 is 0 Å². The first-order valence-electron chi connectivity index (χ1n) is 9.83. The molecule has 0 bridgehead atoms. The number of hydrogen-bond donors (Lipinski definition) is 1. The van der Waals surface area contributed by atoms with E-state index in [1.54, 1.807) is 17.1 Å². The van der Waals surface area contributed by atoms with Crippen molar-refractivity contribution >= 4 is 23.6 Å². The van der Waals surface area contributed by atoms with Crippen LogP contribution in [-0.4, -0.2) is 34.7 Å². The predicted molar refractivity (Wildman–Crippen MR) is 115 cm³/mol. The standard InChI is InChI=1S/C23H23N3O4/c27-22(19-12-14-20(15-13-19)26(29)30)24-21(23(28)25-16-5-2-6-17-25)11-7-10-18-8-3-1-4-9-18/h1,3-4,7-15H,2,5-6,16-17H2,(H,24,27)/b10-7-,21-11-. The maximum absolute atomic E-state index is 13.0. The Morgan fingerprint density at radius 2 is 1.63 bits per heavy atom. The van der Waals surface area contributed by atoms with Gasteiger partial charge in [0.15, 0.2) is 0 Å². The van der Waals surface area contributed by atoms with Gasteiger partial charge in [0.1, 0.15) is 5.70 Å². The normalized spacial score (nSPS) is 14.5. The van der Waals surface area contributed by atoms with Gasteiger partial charge in [0, 0.05) is 30.8 Å². The van der Waals surface area contributed by atoms with Crippen LogP contribution in [0.15, 0.2) is 72.4 Å². The van der Waals surface area contributed by atoms with E-state index in [2.05, 4.69) is 5.32 Å². The van der Waals surface area contributed by atoms with Gasteiger partial charge in [-0.3, -0.25) is 19.7 Å². The van der Waals surface area contributed by atoms with Crippen LogP contribution in [0.25, 0.3) is 6.08 Å². The fraction of sp³-hybridized carbons (Fsp3) is 0.217. The second-order valence-corrected chi connectivity index (χ2v) is 6.96. The molecule has 2 aromatic rings.